The van der Waals surface area contributed by atoms with Gasteiger partial charge in [-0.15, -0.1) is 0 Å². The SMILES string of the molecule is CCOc1cc(/C=C2\C(=O)NC(=O)N(c3ccc(C)cc3C)C2=O)cc(I)c1OCc1ccc(F)cc1. The summed E-state index contributed by atoms with van der Waals surface area (Å²) in [4.78, 5) is 39.5. The Morgan fingerprint density at radius 1 is 1.00 bits per heavy atom. The van der Waals surface area contributed by atoms with Gasteiger partial charge in [0.2, 0.25) is 0 Å². The van der Waals surface area contributed by atoms with Crippen molar-refractivity contribution in [1.82, 2.24) is 5.32 Å². The van der Waals surface area contributed by atoms with Crippen LogP contribution in [0.2, 0.25) is 0 Å². The van der Waals surface area contributed by atoms with Gasteiger partial charge in [0.25, 0.3) is 11.8 Å². The summed E-state index contributed by atoms with van der Waals surface area (Å²) in [6.45, 7) is 6.09. The number of aryl methyl sites for hydroxylation is 2. The summed E-state index contributed by atoms with van der Waals surface area (Å²) < 4.78 is 25.6. The van der Waals surface area contributed by atoms with E-state index < -0.39 is 17.8 Å². The summed E-state index contributed by atoms with van der Waals surface area (Å²) in [5, 5.41) is 2.25. The van der Waals surface area contributed by atoms with Crippen molar-refractivity contribution in [2.75, 3.05) is 11.5 Å². The molecule has 0 bridgehead atoms. The first-order valence-corrected chi connectivity index (χ1v) is 12.6. The monoisotopic (exact) mass is 614 g/mol. The van der Waals surface area contributed by atoms with Crippen LogP contribution in [0.3, 0.4) is 0 Å². The minimum atomic E-state index is -0.798. The molecule has 3 aromatic rings. The van der Waals surface area contributed by atoms with Crippen LogP contribution in [0.1, 0.15) is 29.2 Å². The highest BCUT2D eigenvalue weighted by Gasteiger charge is 2.37. The average molecular weight is 614 g/mol. The number of halogens is 2. The number of nitrogens with zero attached hydrogens (tertiary/aromatic N) is 1. The number of ether oxygens (including phenoxy) is 2. The molecular formula is C28H24FIN2O5. The molecule has 1 N–H and O–H groups in total. The van der Waals surface area contributed by atoms with Gasteiger partial charge in [0, 0.05) is 0 Å². The van der Waals surface area contributed by atoms with E-state index in [-0.39, 0.29) is 18.0 Å². The molecule has 1 aliphatic rings. The van der Waals surface area contributed by atoms with Crippen LogP contribution >= 0.6 is 22.6 Å². The number of imide groups is 2. The van der Waals surface area contributed by atoms with Crippen molar-refractivity contribution < 1.29 is 28.2 Å². The lowest BCUT2D eigenvalue weighted by atomic mass is 10.0. The van der Waals surface area contributed by atoms with Gasteiger partial charge >= 0.3 is 6.03 Å². The van der Waals surface area contributed by atoms with Crippen LogP contribution in [0.15, 0.2) is 60.2 Å². The van der Waals surface area contributed by atoms with Gasteiger partial charge in [-0.1, -0.05) is 29.8 Å². The molecule has 9 heteroatoms. The smallest absolute Gasteiger partial charge is 0.335 e. The Kier molecular flexibility index (Phi) is 7.91. The van der Waals surface area contributed by atoms with Gasteiger partial charge in [0.1, 0.15) is 18.0 Å². The predicted molar refractivity (Wildman–Crippen MR) is 146 cm³/mol. The van der Waals surface area contributed by atoms with Crippen LogP contribution in [0, 0.1) is 23.2 Å². The number of rotatable bonds is 7. The lowest BCUT2D eigenvalue weighted by Gasteiger charge is -2.27. The van der Waals surface area contributed by atoms with Crippen molar-refractivity contribution in [3.63, 3.8) is 0 Å². The second kappa shape index (κ2) is 11.1. The molecule has 0 aromatic heterocycles. The van der Waals surface area contributed by atoms with Crippen LogP contribution in [-0.2, 0) is 16.2 Å². The summed E-state index contributed by atoms with van der Waals surface area (Å²) in [5.41, 5.74) is 3.24. The van der Waals surface area contributed by atoms with Gasteiger partial charge in [0.05, 0.1) is 15.9 Å². The van der Waals surface area contributed by atoms with E-state index in [0.29, 0.717) is 32.9 Å². The van der Waals surface area contributed by atoms with E-state index in [9.17, 15) is 18.8 Å². The Hall–Kier alpha value is -3.73. The topological polar surface area (TPSA) is 84.9 Å². The molecule has 0 radical (unpaired) electrons. The van der Waals surface area contributed by atoms with Crippen molar-refractivity contribution in [2.24, 2.45) is 0 Å². The van der Waals surface area contributed by atoms with Gasteiger partial charge in [-0.3, -0.25) is 14.9 Å². The maximum absolute atomic E-state index is 13.3. The zero-order valence-electron chi connectivity index (χ0n) is 20.4. The molecule has 0 saturated carbocycles. The first kappa shape index (κ1) is 26.3. The molecule has 1 heterocycles. The molecule has 4 rings (SSSR count). The normalized spacial score (nSPS) is 14.7. The molecule has 3 aromatic carbocycles. The molecule has 0 atom stereocenters. The van der Waals surface area contributed by atoms with Crippen molar-refractivity contribution >= 4 is 52.2 Å². The third kappa shape index (κ3) is 5.82. The molecule has 1 aliphatic heterocycles. The minimum absolute atomic E-state index is 0.183. The van der Waals surface area contributed by atoms with Crippen LogP contribution in [0.4, 0.5) is 14.9 Å². The molecule has 0 spiro atoms. The number of anilines is 1. The standard InChI is InChI=1S/C28H24FIN2O5/c1-4-36-24-14-19(13-22(30)25(24)37-15-18-6-8-20(29)9-7-18)12-21-26(33)31-28(35)32(27(21)34)23-10-5-16(2)11-17(23)3/h5-14H,4,15H2,1-3H3,(H,31,33,35)/b21-12+. The fraction of sp³-hybridized carbons (Fsp3) is 0.179. The summed E-state index contributed by atoms with van der Waals surface area (Å²) >= 11 is 2.08. The van der Waals surface area contributed by atoms with Gasteiger partial charge in [-0.2, -0.15) is 0 Å². The van der Waals surface area contributed by atoms with Crippen LogP contribution in [0.25, 0.3) is 6.08 Å². The number of nitrogens with one attached hydrogen (secondary N) is 1. The third-order valence-corrected chi connectivity index (χ3v) is 6.44. The summed E-state index contributed by atoms with van der Waals surface area (Å²) in [6, 6.07) is 13.9. The van der Waals surface area contributed by atoms with E-state index in [1.807, 2.05) is 19.9 Å². The molecule has 0 aliphatic carbocycles. The summed E-state index contributed by atoms with van der Waals surface area (Å²) in [5.74, 6) is -0.912. The van der Waals surface area contributed by atoms with Gasteiger partial charge < -0.3 is 9.47 Å². The van der Waals surface area contributed by atoms with E-state index >= 15 is 0 Å². The Labute approximate surface area is 227 Å². The second-order valence-electron chi connectivity index (χ2n) is 8.43. The number of urea groups is 1. The van der Waals surface area contributed by atoms with Gasteiger partial charge in [0.15, 0.2) is 11.5 Å². The number of carbonyl (C=O) groups is 3. The molecule has 1 saturated heterocycles. The average Bonchev–Trinajstić information content (AvgIpc) is 2.84. The maximum atomic E-state index is 13.3. The number of barbiturate groups is 1. The molecular weight excluding hydrogens is 590 g/mol. The van der Waals surface area contributed by atoms with E-state index in [4.69, 9.17) is 9.47 Å². The lowest BCUT2D eigenvalue weighted by molar-refractivity contribution is -0.122. The molecule has 7 nitrogen and oxygen atoms in total. The molecule has 37 heavy (non-hydrogen) atoms. The number of amides is 4. The van der Waals surface area contributed by atoms with E-state index in [1.54, 1.807) is 43.3 Å². The number of benzene rings is 3. The molecule has 1 fully saturated rings. The van der Waals surface area contributed by atoms with E-state index in [2.05, 4.69) is 27.9 Å². The van der Waals surface area contributed by atoms with Crippen LogP contribution < -0.4 is 19.7 Å². The van der Waals surface area contributed by atoms with Crippen molar-refractivity contribution in [3.05, 3.63) is 91.8 Å². The maximum Gasteiger partial charge on any atom is 0.335 e. The number of hydrogen-bond donors (Lipinski definition) is 1. The van der Waals surface area contributed by atoms with Gasteiger partial charge in [-0.05, 0) is 96.5 Å². The van der Waals surface area contributed by atoms with Crippen molar-refractivity contribution in [1.29, 1.82) is 0 Å². The van der Waals surface area contributed by atoms with Crippen molar-refractivity contribution in [2.45, 2.75) is 27.4 Å². The quantitative estimate of drug-likeness (QED) is 0.210. The highest BCUT2D eigenvalue weighted by molar-refractivity contribution is 14.1. The number of hydrogen-bond acceptors (Lipinski definition) is 5. The summed E-state index contributed by atoms with van der Waals surface area (Å²) in [7, 11) is 0. The third-order valence-electron chi connectivity index (χ3n) is 5.63. The Balaban J connectivity index is 1.67. The fourth-order valence-corrected chi connectivity index (χ4v) is 4.69. The van der Waals surface area contributed by atoms with E-state index in [0.717, 1.165) is 21.6 Å². The highest BCUT2D eigenvalue weighted by Crippen LogP contribution is 2.36. The molecule has 190 valence electrons. The van der Waals surface area contributed by atoms with Crippen LogP contribution in [0.5, 0.6) is 11.5 Å². The number of carbonyl (C=O) groups excluding carboxylic acids is 3. The summed E-state index contributed by atoms with van der Waals surface area (Å²) in [6.07, 6.45) is 1.43. The Bertz CT molecular complexity index is 1420. The van der Waals surface area contributed by atoms with Gasteiger partial charge in [-0.25, -0.2) is 14.1 Å². The molecule has 0 unspecified atom stereocenters. The van der Waals surface area contributed by atoms with E-state index in [1.165, 1.54) is 18.2 Å². The molecule has 4 amide bonds. The minimum Gasteiger partial charge on any atom is -0.490 e. The zero-order valence-corrected chi connectivity index (χ0v) is 22.6. The van der Waals surface area contributed by atoms with Crippen LogP contribution in [-0.4, -0.2) is 24.5 Å². The lowest BCUT2D eigenvalue weighted by Crippen LogP contribution is -2.54. The van der Waals surface area contributed by atoms with Crippen molar-refractivity contribution in [3.8, 4) is 11.5 Å². The first-order chi connectivity index (χ1) is 17.7. The Morgan fingerprint density at radius 3 is 2.41 bits per heavy atom. The highest BCUT2D eigenvalue weighted by atomic mass is 127. The predicted octanol–water partition coefficient (Wildman–Crippen LogP) is 5.69. The fourth-order valence-electron chi connectivity index (χ4n) is 3.91. The first-order valence-electron chi connectivity index (χ1n) is 11.5. The second-order valence-corrected chi connectivity index (χ2v) is 9.59. The largest absolute Gasteiger partial charge is 0.490 e. The zero-order chi connectivity index (χ0) is 26.7. The Morgan fingerprint density at radius 2 is 1.73 bits per heavy atom.